The summed E-state index contributed by atoms with van der Waals surface area (Å²) >= 11 is 5.91. The van der Waals surface area contributed by atoms with Crippen LogP contribution < -0.4 is 0 Å². The molecule has 0 N–H and O–H groups in total. The Morgan fingerprint density at radius 2 is 1.75 bits per heavy atom. The van der Waals surface area contributed by atoms with Crippen molar-refractivity contribution >= 4 is 30.1 Å². The van der Waals surface area contributed by atoms with Gasteiger partial charge >= 0.3 is 0 Å². The number of para-hydroxylation sites is 1. The van der Waals surface area contributed by atoms with E-state index in [9.17, 15) is 10.1 Å². The SMILES string of the molecule is O=[N+]([O-])c1ccccc1SCC(CS)c1ccccc1. The Kier molecular flexibility index (Phi) is 5.49. The Morgan fingerprint density at radius 1 is 1.10 bits per heavy atom. The van der Waals surface area contributed by atoms with Crippen molar-refractivity contribution in [2.45, 2.75) is 10.8 Å². The first-order valence-electron chi connectivity index (χ1n) is 6.24. The van der Waals surface area contributed by atoms with Crippen LogP contribution in [0.2, 0.25) is 0 Å². The second-order valence-corrected chi connectivity index (χ2v) is 5.75. The third-order valence-electron chi connectivity index (χ3n) is 2.99. The molecule has 2 rings (SSSR count). The minimum absolute atomic E-state index is 0.170. The molecule has 0 aliphatic heterocycles. The van der Waals surface area contributed by atoms with Crippen LogP contribution in [0.5, 0.6) is 0 Å². The predicted molar refractivity (Wildman–Crippen MR) is 86.9 cm³/mol. The first-order chi connectivity index (χ1) is 9.72. The molecule has 20 heavy (non-hydrogen) atoms. The van der Waals surface area contributed by atoms with Crippen molar-refractivity contribution in [2.24, 2.45) is 0 Å². The Hall–Kier alpha value is -1.46. The van der Waals surface area contributed by atoms with E-state index < -0.39 is 0 Å². The second-order valence-electron chi connectivity index (χ2n) is 4.33. The second kappa shape index (κ2) is 7.36. The van der Waals surface area contributed by atoms with Crippen LogP contribution >= 0.6 is 24.4 Å². The highest BCUT2D eigenvalue weighted by molar-refractivity contribution is 7.99. The first kappa shape index (κ1) is 14.9. The average Bonchev–Trinajstić information content (AvgIpc) is 2.49. The lowest BCUT2D eigenvalue weighted by molar-refractivity contribution is -0.387. The minimum atomic E-state index is -0.333. The van der Waals surface area contributed by atoms with Crippen LogP contribution in [0, 0.1) is 10.1 Å². The van der Waals surface area contributed by atoms with Gasteiger partial charge in [-0.3, -0.25) is 10.1 Å². The molecule has 3 nitrogen and oxygen atoms in total. The summed E-state index contributed by atoms with van der Waals surface area (Å²) in [6.45, 7) is 0. The topological polar surface area (TPSA) is 43.1 Å². The lowest BCUT2D eigenvalue weighted by atomic mass is 10.0. The third kappa shape index (κ3) is 3.77. The lowest BCUT2D eigenvalue weighted by Gasteiger charge is -2.14. The van der Waals surface area contributed by atoms with Crippen LogP contribution in [0.25, 0.3) is 0 Å². The molecule has 0 saturated heterocycles. The number of nitro groups is 1. The fraction of sp³-hybridized carbons (Fsp3) is 0.200. The van der Waals surface area contributed by atoms with Crippen molar-refractivity contribution in [3.8, 4) is 0 Å². The Morgan fingerprint density at radius 3 is 2.40 bits per heavy atom. The molecule has 0 aliphatic carbocycles. The zero-order valence-electron chi connectivity index (χ0n) is 10.8. The summed E-state index contributed by atoms with van der Waals surface area (Å²) < 4.78 is 0. The van der Waals surface area contributed by atoms with Gasteiger partial charge in [0.1, 0.15) is 0 Å². The number of hydrogen-bond donors (Lipinski definition) is 1. The molecular formula is C15H15NO2S2. The van der Waals surface area contributed by atoms with Crippen molar-refractivity contribution in [2.75, 3.05) is 11.5 Å². The largest absolute Gasteiger partial charge is 0.282 e. The molecule has 1 atom stereocenters. The van der Waals surface area contributed by atoms with E-state index >= 15 is 0 Å². The van der Waals surface area contributed by atoms with Crippen LogP contribution in [0.3, 0.4) is 0 Å². The monoisotopic (exact) mass is 305 g/mol. The van der Waals surface area contributed by atoms with Gasteiger partial charge in [0.25, 0.3) is 5.69 Å². The third-order valence-corrected chi connectivity index (χ3v) is 4.66. The molecular weight excluding hydrogens is 290 g/mol. The number of nitrogens with zero attached hydrogens (tertiary/aromatic N) is 1. The standard InChI is InChI=1S/C15H15NO2S2/c17-16(18)14-8-4-5-9-15(14)20-11-13(10-19)12-6-2-1-3-7-12/h1-9,13,19H,10-11H2. The smallest absolute Gasteiger partial charge is 0.258 e. The van der Waals surface area contributed by atoms with Gasteiger partial charge in [0.05, 0.1) is 9.82 Å². The van der Waals surface area contributed by atoms with Crippen molar-refractivity contribution in [1.82, 2.24) is 0 Å². The highest BCUT2D eigenvalue weighted by atomic mass is 32.2. The highest BCUT2D eigenvalue weighted by Crippen LogP contribution is 2.32. The fourth-order valence-electron chi connectivity index (χ4n) is 1.90. The van der Waals surface area contributed by atoms with Crippen molar-refractivity contribution < 1.29 is 4.92 Å². The van der Waals surface area contributed by atoms with Gasteiger partial charge in [0, 0.05) is 17.7 Å². The Balaban J connectivity index is 2.10. The Bertz CT molecular complexity index is 575. The predicted octanol–water partition coefficient (Wildman–Crippen LogP) is 4.40. The fourth-order valence-corrected chi connectivity index (χ4v) is 3.57. The average molecular weight is 305 g/mol. The maximum absolute atomic E-state index is 11.0. The van der Waals surface area contributed by atoms with Crippen LogP contribution in [0.1, 0.15) is 11.5 Å². The molecule has 2 aromatic rings. The summed E-state index contributed by atoms with van der Waals surface area (Å²) in [6, 6.07) is 17.0. The molecule has 0 fully saturated rings. The van der Waals surface area contributed by atoms with Crippen LogP contribution in [-0.2, 0) is 0 Å². The van der Waals surface area contributed by atoms with Crippen LogP contribution in [0.15, 0.2) is 59.5 Å². The highest BCUT2D eigenvalue weighted by Gasteiger charge is 2.16. The lowest BCUT2D eigenvalue weighted by Crippen LogP contribution is -2.04. The van der Waals surface area contributed by atoms with E-state index in [1.54, 1.807) is 18.2 Å². The van der Waals surface area contributed by atoms with Crippen molar-refractivity contribution in [3.05, 3.63) is 70.3 Å². The van der Waals surface area contributed by atoms with Gasteiger partial charge in [-0.25, -0.2) is 0 Å². The van der Waals surface area contributed by atoms with Gasteiger partial charge in [0.2, 0.25) is 0 Å². The normalized spacial score (nSPS) is 12.1. The molecule has 0 heterocycles. The van der Waals surface area contributed by atoms with Gasteiger partial charge in [-0.05, 0) is 17.4 Å². The molecule has 0 aromatic heterocycles. The number of hydrogen-bond acceptors (Lipinski definition) is 4. The van der Waals surface area contributed by atoms with Gasteiger partial charge in [-0.1, -0.05) is 42.5 Å². The Labute approximate surface area is 128 Å². The maximum Gasteiger partial charge on any atom is 0.282 e. The summed E-state index contributed by atoms with van der Waals surface area (Å²) in [5.74, 6) is 1.78. The molecule has 2 aromatic carbocycles. The quantitative estimate of drug-likeness (QED) is 0.372. The van der Waals surface area contributed by atoms with Crippen LogP contribution in [-0.4, -0.2) is 16.4 Å². The summed E-state index contributed by atoms with van der Waals surface area (Å²) in [5, 5.41) is 11.0. The summed E-state index contributed by atoms with van der Waals surface area (Å²) in [6.07, 6.45) is 0. The summed E-state index contributed by atoms with van der Waals surface area (Å²) in [7, 11) is 0. The molecule has 0 spiro atoms. The molecule has 104 valence electrons. The van der Waals surface area contributed by atoms with Crippen molar-refractivity contribution in [1.29, 1.82) is 0 Å². The number of benzene rings is 2. The molecule has 0 aliphatic rings. The van der Waals surface area contributed by atoms with E-state index in [2.05, 4.69) is 24.8 Å². The summed E-state index contributed by atoms with van der Waals surface area (Å²) in [4.78, 5) is 11.4. The van der Waals surface area contributed by atoms with Gasteiger partial charge in [0.15, 0.2) is 0 Å². The molecule has 0 radical (unpaired) electrons. The number of nitro benzene ring substituents is 1. The number of rotatable bonds is 6. The van der Waals surface area contributed by atoms with E-state index in [1.807, 2.05) is 24.3 Å². The zero-order valence-corrected chi connectivity index (χ0v) is 12.5. The zero-order chi connectivity index (χ0) is 14.4. The van der Waals surface area contributed by atoms with E-state index in [0.717, 1.165) is 11.5 Å². The molecule has 0 bridgehead atoms. The number of thioether (sulfide) groups is 1. The molecule has 5 heteroatoms. The van der Waals surface area contributed by atoms with Crippen LogP contribution in [0.4, 0.5) is 5.69 Å². The first-order valence-corrected chi connectivity index (χ1v) is 7.86. The van der Waals surface area contributed by atoms with E-state index in [1.165, 1.54) is 17.3 Å². The molecule has 0 saturated carbocycles. The molecule has 0 amide bonds. The minimum Gasteiger partial charge on any atom is -0.258 e. The number of thiol groups is 1. The maximum atomic E-state index is 11.0. The van der Waals surface area contributed by atoms with Gasteiger partial charge < -0.3 is 0 Å². The van der Waals surface area contributed by atoms with Gasteiger partial charge in [-0.2, -0.15) is 12.6 Å². The van der Waals surface area contributed by atoms with Gasteiger partial charge in [-0.15, -0.1) is 11.8 Å². The van der Waals surface area contributed by atoms with E-state index in [-0.39, 0.29) is 16.5 Å². The van der Waals surface area contributed by atoms with E-state index in [0.29, 0.717) is 4.90 Å². The summed E-state index contributed by atoms with van der Waals surface area (Å²) in [5.41, 5.74) is 1.39. The van der Waals surface area contributed by atoms with Crippen molar-refractivity contribution in [3.63, 3.8) is 0 Å². The van der Waals surface area contributed by atoms with E-state index in [4.69, 9.17) is 0 Å². The molecule has 1 unspecified atom stereocenters.